The van der Waals surface area contributed by atoms with Crippen molar-refractivity contribution in [2.75, 3.05) is 11.9 Å². The number of amides is 2. The van der Waals surface area contributed by atoms with E-state index in [-0.39, 0.29) is 35.9 Å². The highest BCUT2D eigenvalue weighted by molar-refractivity contribution is 6.00. The van der Waals surface area contributed by atoms with Gasteiger partial charge in [-0.25, -0.2) is 13.5 Å². The molecule has 2 atom stereocenters. The first kappa shape index (κ1) is 27.7. The summed E-state index contributed by atoms with van der Waals surface area (Å²) in [7, 11) is 0. The van der Waals surface area contributed by atoms with Gasteiger partial charge < -0.3 is 15.0 Å². The van der Waals surface area contributed by atoms with E-state index < -0.39 is 5.54 Å². The lowest BCUT2D eigenvalue weighted by molar-refractivity contribution is -0.142. The number of hydrogen-bond donors (Lipinski definition) is 1. The van der Waals surface area contributed by atoms with Crippen molar-refractivity contribution in [2.45, 2.75) is 32.4 Å². The maximum atomic E-state index is 13.7. The second kappa shape index (κ2) is 11.7. The summed E-state index contributed by atoms with van der Waals surface area (Å²) in [5, 5.41) is 10.6. The van der Waals surface area contributed by atoms with Crippen LogP contribution in [-0.4, -0.2) is 43.8 Å². The number of aryl methyl sites for hydroxylation is 1. The number of hydrogen-bond acceptors (Lipinski definition) is 5. The van der Waals surface area contributed by atoms with Crippen molar-refractivity contribution in [3.05, 3.63) is 108 Å². The molecule has 1 saturated heterocycles. The van der Waals surface area contributed by atoms with Gasteiger partial charge in [0.15, 0.2) is 0 Å². The molecule has 2 heterocycles. The van der Waals surface area contributed by atoms with Crippen molar-refractivity contribution in [3.63, 3.8) is 0 Å². The van der Waals surface area contributed by atoms with Gasteiger partial charge >= 0.3 is 0 Å². The molecule has 2 unspecified atom stereocenters. The molecular weight excluding hydrogens is 528 g/mol. The summed E-state index contributed by atoms with van der Waals surface area (Å²) in [4.78, 5) is 28.7. The number of nitrogens with one attached hydrogen (secondary N) is 1. The summed E-state index contributed by atoms with van der Waals surface area (Å²) in [5.74, 6) is -0.347. The minimum atomic E-state index is -1.15. The first-order valence-corrected chi connectivity index (χ1v) is 13.1. The summed E-state index contributed by atoms with van der Waals surface area (Å²) in [6.45, 7) is 3.87. The standard InChI is InChI=1S/C31H29F2N5O3/c1-21-17-25(33)6-5-23(21)4-3-22-18-31(2,38(19-22)29(39)20-37-16-15-34-36-37)30(40)35-26-9-13-28(14-10-26)41-27-11-7-24(32)8-12-27/h3-17,22H,18-20H2,1-2H3,(H,35,40)/b4-3+. The van der Waals surface area contributed by atoms with E-state index in [1.54, 1.807) is 48.4 Å². The number of carbonyl (C=O) groups is 2. The fourth-order valence-corrected chi connectivity index (χ4v) is 4.96. The molecule has 3 aromatic carbocycles. The van der Waals surface area contributed by atoms with Crippen LogP contribution in [0.3, 0.4) is 0 Å². The highest BCUT2D eigenvalue weighted by Gasteiger charge is 2.49. The Hall–Kier alpha value is -4.86. The SMILES string of the molecule is Cc1cc(F)ccc1/C=C/C1CN(C(=O)Cn2ccnn2)C(C)(C(=O)Nc2ccc(Oc3ccc(F)cc3)cc2)C1. The van der Waals surface area contributed by atoms with Crippen LogP contribution in [0.5, 0.6) is 11.5 Å². The third-order valence-electron chi connectivity index (χ3n) is 7.17. The number of ether oxygens (including phenoxy) is 1. The Morgan fingerprint density at radius 1 is 1.05 bits per heavy atom. The lowest BCUT2D eigenvalue weighted by Gasteiger charge is -2.33. The lowest BCUT2D eigenvalue weighted by Crippen LogP contribution is -2.54. The van der Waals surface area contributed by atoms with E-state index in [1.165, 1.54) is 47.3 Å². The van der Waals surface area contributed by atoms with Crippen LogP contribution in [0, 0.1) is 24.5 Å². The molecule has 0 spiro atoms. The van der Waals surface area contributed by atoms with Gasteiger partial charge in [-0.1, -0.05) is 23.4 Å². The molecule has 0 saturated carbocycles. The molecule has 0 bridgehead atoms. The van der Waals surface area contributed by atoms with Crippen molar-refractivity contribution >= 4 is 23.6 Å². The Labute approximate surface area is 236 Å². The van der Waals surface area contributed by atoms with E-state index in [2.05, 4.69) is 15.6 Å². The summed E-state index contributed by atoms with van der Waals surface area (Å²) in [5.41, 5.74) is 1.05. The number of rotatable bonds is 8. The smallest absolute Gasteiger partial charge is 0.250 e. The Morgan fingerprint density at radius 2 is 1.73 bits per heavy atom. The molecule has 210 valence electrons. The summed E-state index contributed by atoms with van der Waals surface area (Å²) in [6, 6.07) is 17.0. The molecule has 1 aromatic heterocycles. The average Bonchev–Trinajstić information content (AvgIpc) is 3.58. The largest absolute Gasteiger partial charge is 0.457 e. The van der Waals surface area contributed by atoms with Gasteiger partial charge in [0.2, 0.25) is 11.8 Å². The zero-order valence-corrected chi connectivity index (χ0v) is 22.6. The van der Waals surface area contributed by atoms with Crippen molar-refractivity contribution in [1.29, 1.82) is 0 Å². The number of carbonyl (C=O) groups excluding carboxylic acids is 2. The first-order chi connectivity index (χ1) is 19.7. The Balaban J connectivity index is 1.32. The predicted molar refractivity (Wildman–Crippen MR) is 150 cm³/mol. The van der Waals surface area contributed by atoms with Gasteiger partial charge in [-0.15, -0.1) is 5.10 Å². The van der Waals surface area contributed by atoms with Gasteiger partial charge in [0.1, 0.15) is 35.2 Å². The van der Waals surface area contributed by atoms with Crippen LogP contribution in [0.4, 0.5) is 14.5 Å². The minimum absolute atomic E-state index is 0.0498. The van der Waals surface area contributed by atoms with Crippen LogP contribution in [0.25, 0.3) is 6.08 Å². The molecule has 2 amide bonds. The summed E-state index contributed by atoms with van der Waals surface area (Å²) < 4.78 is 33.9. The topological polar surface area (TPSA) is 89.4 Å². The van der Waals surface area contributed by atoms with Crippen LogP contribution < -0.4 is 10.1 Å². The quantitative estimate of drug-likeness (QED) is 0.304. The molecule has 1 aliphatic heterocycles. The maximum Gasteiger partial charge on any atom is 0.250 e. The third kappa shape index (κ3) is 6.49. The van der Waals surface area contributed by atoms with E-state index in [9.17, 15) is 18.4 Å². The van der Waals surface area contributed by atoms with E-state index in [4.69, 9.17) is 4.74 Å². The molecule has 1 aliphatic rings. The predicted octanol–water partition coefficient (Wildman–Crippen LogP) is 5.62. The van der Waals surface area contributed by atoms with Crippen LogP contribution in [-0.2, 0) is 16.1 Å². The molecule has 4 aromatic rings. The molecular formula is C31H29F2N5O3. The average molecular weight is 558 g/mol. The summed E-state index contributed by atoms with van der Waals surface area (Å²) in [6.07, 6.45) is 7.35. The molecule has 0 aliphatic carbocycles. The van der Waals surface area contributed by atoms with Gasteiger partial charge in [0, 0.05) is 18.4 Å². The van der Waals surface area contributed by atoms with Crippen molar-refractivity contribution in [2.24, 2.45) is 5.92 Å². The van der Waals surface area contributed by atoms with Crippen LogP contribution in [0.1, 0.15) is 24.5 Å². The monoisotopic (exact) mass is 557 g/mol. The first-order valence-electron chi connectivity index (χ1n) is 13.1. The van der Waals surface area contributed by atoms with Crippen molar-refractivity contribution in [3.8, 4) is 11.5 Å². The van der Waals surface area contributed by atoms with E-state index in [1.807, 2.05) is 19.1 Å². The van der Waals surface area contributed by atoms with E-state index in [0.29, 0.717) is 30.2 Å². The molecule has 0 radical (unpaired) electrons. The number of benzene rings is 3. The number of halogens is 2. The molecule has 1 N–H and O–H groups in total. The van der Waals surface area contributed by atoms with Crippen molar-refractivity contribution < 1.29 is 23.1 Å². The number of nitrogens with zero attached hydrogens (tertiary/aromatic N) is 4. The highest BCUT2D eigenvalue weighted by atomic mass is 19.1. The van der Waals surface area contributed by atoms with E-state index in [0.717, 1.165) is 11.1 Å². The van der Waals surface area contributed by atoms with Crippen LogP contribution in [0.2, 0.25) is 0 Å². The fourth-order valence-electron chi connectivity index (χ4n) is 4.96. The third-order valence-corrected chi connectivity index (χ3v) is 7.17. The maximum absolute atomic E-state index is 13.7. The molecule has 8 nitrogen and oxygen atoms in total. The van der Waals surface area contributed by atoms with Crippen LogP contribution >= 0.6 is 0 Å². The van der Waals surface area contributed by atoms with Gasteiger partial charge in [-0.3, -0.25) is 9.59 Å². The summed E-state index contributed by atoms with van der Waals surface area (Å²) >= 11 is 0. The second-order valence-electron chi connectivity index (χ2n) is 10.2. The zero-order valence-electron chi connectivity index (χ0n) is 22.6. The van der Waals surface area contributed by atoms with Gasteiger partial charge in [-0.05, 0) is 98.0 Å². The Morgan fingerprint density at radius 3 is 2.39 bits per heavy atom. The van der Waals surface area contributed by atoms with Gasteiger partial charge in [0.25, 0.3) is 0 Å². The second-order valence-corrected chi connectivity index (χ2v) is 10.2. The van der Waals surface area contributed by atoms with Gasteiger partial charge in [0.05, 0.1) is 6.20 Å². The normalized spacial score (nSPS) is 18.5. The van der Waals surface area contributed by atoms with E-state index >= 15 is 0 Å². The fraction of sp³-hybridized carbons (Fsp3) is 0.226. The molecule has 41 heavy (non-hydrogen) atoms. The Bertz CT molecular complexity index is 1560. The molecule has 5 rings (SSSR count). The van der Waals surface area contributed by atoms with Gasteiger partial charge in [-0.2, -0.15) is 0 Å². The zero-order chi connectivity index (χ0) is 29.0. The minimum Gasteiger partial charge on any atom is -0.457 e. The lowest BCUT2D eigenvalue weighted by atomic mass is 9.92. The van der Waals surface area contributed by atoms with Crippen LogP contribution in [0.15, 0.2) is 85.2 Å². The Kier molecular flexibility index (Phi) is 7.91. The number of anilines is 1. The highest BCUT2D eigenvalue weighted by Crippen LogP contribution is 2.36. The number of aromatic nitrogens is 3. The van der Waals surface area contributed by atoms with Crippen molar-refractivity contribution in [1.82, 2.24) is 19.9 Å². The molecule has 10 heteroatoms. The molecule has 1 fully saturated rings. The number of likely N-dealkylation sites (tertiary alicyclic amines) is 1.